The number of benzene rings is 7. The molecule has 9 aromatic rings. The number of fused-ring (bicyclic) bond motifs is 9. The lowest BCUT2D eigenvalue weighted by Gasteiger charge is -2.36. The summed E-state index contributed by atoms with van der Waals surface area (Å²) in [6, 6.07) is 56.0. The van der Waals surface area contributed by atoms with Gasteiger partial charge in [0, 0.05) is 32.9 Å². The van der Waals surface area contributed by atoms with Crippen LogP contribution < -0.4 is 0 Å². The van der Waals surface area contributed by atoms with E-state index in [0.29, 0.717) is 5.82 Å². The number of hydrogen-bond donors (Lipinski definition) is 0. The molecule has 1 saturated carbocycles. The Balaban J connectivity index is 1.05. The van der Waals surface area contributed by atoms with Crippen LogP contribution in [0.2, 0.25) is 0 Å². The molecule has 11 rings (SSSR count). The Kier molecular flexibility index (Phi) is 7.12. The second-order valence-corrected chi connectivity index (χ2v) is 15.2. The van der Waals surface area contributed by atoms with E-state index in [4.69, 9.17) is 14.4 Å². The van der Waals surface area contributed by atoms with Gasteiger partial charge in [0.15, 0.2) is 5.82 Å². The van der Waals surface area contributed by atoms with Crippen LogP contribution in [-0.2, 0) is 5.41 Å². The molecule has 4 heteroatoms. The fourth-order valence-electron chi connectivity index (χ4n) is 9.39. The zero-order chi connectivity index (χ0) is 36.5. The van der Waals surface area contributed by atoms with E-state index >= 15 is 0 Å². The summed E-state index contributed by atoms with van der Waals surface area (Å²) in [7, 11) is 0. The van der Waals surface area contributed by atoms with Crippen LogP contribution in [0.1, 0.15) is 48.8 Å². The van der Waals surface area contributed by atoms with Gasteiger partial charge in [0.1, 0.15) is 11.2 Å². The molecular weight excluding hydrogens is 671 g/mol. The molecule has 7 aromatic carbocycles. The number of rotatable bonds is 4. The SMILES string of the molecule is N#Cc1ccc2c(c1)-c1ccc(-c3cccc(-c4cc(-c5ccc6ccccc6c5)nc(-c5ccc6c(c5)oc5ccccc56)n4)c3)cc1C21CCCCC1. The molecule has 2 heterocycles. The number of furan rings is 1. The van der Waals surface area contributed by atoms with Gasteiger partial charge in [-0.15, -0.1) is 0 Å². The van der Waals surface area contributed by atoms with Gasteiger partial charge in [0.25, 0.3) is 0 Å². The summed E-state index contributed by atoms with van der Waals surface area (Å²) >= 11 is 0. The highest BCUT2D eigenvalue weighted by Gasteiger charge is 2.43. The molecular formula is C51H35N3O. The van der Waals surface area contributed by atoms with Gasteiger partial charge in [0.2, 0.25) is 0 Å². The van der Waals surface area contributed by atoms with Gasteiger partial charge in [-0.2, -0.15) is 5.26 Å². The van der Waals surface area contributed by atoms with E-state index in [2.05, 4.69) is 133 Å². The summed E-state index contributed by atoms with van der Waals surface area (Å²) in [6.07, 6.45) is 6.00. The maximum absolute atomic E-state index is 9.74. The molecule has 2 aromatic heterocycles. The van der Waals surface area contributed by atoms with Crippen molar-refractivity contribution in [1.82, 2.24) is 9.97 Å². The summed E-state index contributed by atoms with van der Waals surface area (Å²) in [5, 5.41) is 14.3. The Morgan fingerprint density at radius 2 is 1.22 bits per heavy atom. The highest BCUT2D eigenvalue weighted by molar-refractivity contribution is 6.05. The minimum Gasteiger partial charge on any atom is -0.456 e. The molecule has 0 amide bonds. The van der Waals surface area contributed by atoms with Gasteiger partial charge in [-0.25, -0.2) is 9.97 Å². The zero-order valence-corrected chi connectivity index (χ0v) is 30.2. The van der Waals surface area contributed by atoms with Crippen LogP contribution >= 0.6 is 0 Å². The third-order valence-electron chi connectivity index (χ3n) is 12.1. The van der Waals surface area contributed by atoms with Gasteiger partial charge >= 0.3 is 0 Å². The number of para-hydroxylation sites is 1. The Bertz CT molecular complexity index is 3050. The highest BCUT2D eigenvalue weighted by atomic mass is 16.3. The number of nitrogens with zero attached hydrogens (tertiary/aromatic N) is 3. The van der Waals surface area contributed by atoms with Crippen molar-refractivity contribution in [2.75, 3.05) is 0 Å². The fourth-order valence-corrected chi connectivity index (χ4v) is 9.39. The second kappa shape index (κ2) is 12.4. The van der Waals surface area contributed by atoms with E-state index in [1.54, 1.807) is 0 Å². The van der Waals surface area contributed by atoms with Gasteiger partial charge in [0.05, 0.1) is 23.0 Å². The lowest BCUT2D eigenvalue weighted by Crippen LogP contribution is -2.28. The lowest BCUT2D eigenvalue weighted by molar-refractivity contribution is 0.353. The Morgan fingerprint density at radius 3 is 2.09 bits per heavy atom. The van der Waals surface area contributed by atoms with Gasteiger partial charge in [-0.05, 0) is 112 Å². The molecule has 1 spiro atoms. The van der Waals surface area contributed by atoms with Crippen LogP contribution in [0.3, 0.4) is 0 Å². The molecule has 1 fully saturated rings. The maximum atomic E-state index is 9.74. The molecule has 4 nitrogen and oxygen atoms in total. The van der Waals surface area contributed by atoms with Crippen LogP contribution in [-0.4, -0.2) is 9.97 Å². The van der Waals surface area contributed by atoms with Gasteiger partial charge in [-0.3, -0.25) is 0 Å². The van der Waals surface area contributed by atoms with Crippen molar-refractivity contribution in [3.8, 4) is 62.2 Å². The molecule has 0 unspecified atom stereocenters. The fraction of sp³-hybridized carbons (Fsp3) is 0.118. The van der Waals surface area contributed by atoms with E-state index in [1.165, 1.54) is 57.9 Å². The third kappa shape index (κ3) is 5.12. The molecule has 55 heavy (non-hydrogen) atoms. The smallest absolute Gasteiger partial charge is 0.160 e. The van der Waals surface area contributed by atoms with Crippen molar-refractivity contribution in [3.05, 3.63) is 168 Å². The predicted octanol–water partition coefficient (Wildman–Crippen LogP) is 13.3. The molecule has 2 aliphatic rings. The average Bonchev–Trinajstić information content (AvgIpc) is 3.75. The standard InChI is InChI=1S/C51H35N3O/c52-31-32-15-22-44-43(25-32)40-20-18-36(28-45(40)51(44)23-6-1-7-24-51)35-11-8-12-37(27-35)46-30-47(38-17-16-33-9-2-3-10-34(33)26-38)54-50(53-46)39-19-21-42-41-13-4-5-14-48(41)55-49(42)29-39/h2-5,8-22,25-30H,1,6-7,23-24H2. The van der Waals surface area contributed by atoms with Crippen LogP contribution in [0.15, 0.2) is 156 Å². The molecule has 0 saturated heterocycles. The molecule has 0 radical (unpaired) electrons. The van der Waals surface area contributed by atoms with Crippen LogP contribution in [0.25, 0.3) is 88.9 Å². The average molecular weight is 706 g/mol. The minimum atomic E-state index is 0.00177. The Morgan fingerprint density at radius 1 is 0.491 bits per heavy atom. The molecule has 0 atom stereocenters. The van der Waals surface area contributed by atoms with E-state index in [0.717, 1.165) is 74.0 Å². The normalized spacial score (nSPS) is 14.3. The summed E-state index contributed by atoms with van der Waals surface area (Å²) in [4.78, 5) is 10.4. The van der Waals surface area contributed by atoms with E-state index in [9.17, 15) is 5.26 Å². The Labute approximate surface area is 319 Å². The van der Waals surface area contributed by atoms with Crippen molar-refractivity contribution in [3.63, 3.8) is 0 Å². The van der Waals surface area contributed by atoms with Gasteiger partial charge < -0.3 is 4.42 Å². The van der Waals surface area contributed by atoms with E-state index in [1.807, 2.05) is 24.3 Å². The quantitative estimate of drug-likeness (QED) is 0.183. The molecule has 2 aliphatic carbocycles. The van der Waals surface area contributed by atoms with Crippen LogP contribution in [0, 0.1) is 11.3 Å². The first-order valence-corrected chi connectivity index (χ1v) is 19.2. The highest BCUT2D eigenvalue weighted by Crippen LogP contribution is 2.56. The first kappa shape index (κ1) is 31.7. The van der Waals surface area contributed by atoms with Crippen molar-refractivity contribution in [1.29, 1.82) is 5.26 Å². The van der Waals surface area contributed by atoms with Crippen molar-refractivity contribution >= 4 is 32.7 Å². The topological polar surface area (TPSA) is 62.7 Å². The number of nitriles is 1. The summed E-state index contributed by atoms with van der Waals surface area (Å²) in [5.74, 6) is 0.652. The molecule has 0 aliphatic heterocycles. The maximum Gasteiger partial charge on any atom is 0.160 e. The largest absolute Gasteiger partial charge is 0.456 e. The monoisotopic (exact) mass is 705 g/mol. The van der Waals surface area contributed by atoms with Crippen molar-refractivity contribution < 1.29 is 4.42 Å². The molecule has 260 valence electrons. The first-order valence-electron chi connectivity index (χ1n) is 19.2. The van der Waals surface area contributed by atoms with E-state index < -0.39 is 0 Å². The molecule has 0 bridgehead atoms. The summed E-state index contributed by atoms with van der Waals surface area (Å²) in [6.45, 7) is 0. The summed E-state index contributed by atoms with van der Waals surface area (Å²) < 4.78 is 6.29. The molecule has 0 N–H and O–H groups in total. The minimum absolute atomic E-state index is 0.00177. The van der Waals surface area contributed by atoms with E-state index in [-0.39, 0.29) is 5.41 Å². The van der Waals surface area contributed by atoms with Crippen LogP contribution in [0.4, 0.5) is 0 Å². The van der Waals surface area contributed by atoms with Gasteiger partial charge in [-0.1, -0.05) is 116 Å². The van der Waals surface area contributed by atoms with Crippen LogP contribution in [0.5, 0.6) is 0 Å². The van der Waals surface area contributed by atoms with Crippen molar-refractivity contribution in [2.45, 2.75) is 37.5 Å². The number of hydrogen-bond acceptors (Lipinski definition) is 4. The lowest BCUT2D eigenvalue weighted by atomic mass is 9.67. The predicted molar refractivity (Wildman–Crippen MR) is 223 cm³/mol. The Hall–Kier alpha value is -6.83. The summed E-state index contributed by atoms with van der Waals surface area (Å²) in [5.41, 5.74) is 14.8. The first-order chi connectivity index (χ1) is 27.1. The zero-order valence-electron chi connectivity index (χ0n) is 30.2. The van der Waals surface area contributed by atoms with Crippen molar-refractivity contribution in [2.24, 2.45) is 0 Å². The third-order valence-corrected chi connectivity index (χ3v) is 12.1. The second-order valence-electron chi connectivity index (χ2n) is 15.2. The number of aromatic nitrogens is 2.